The molecule has 4 aromatic carbocycles. The predicted octanol–water partition coefficient (Wildman–Crippen LogP) is 5.90. The van der Waals surface area contributed by atoms with Gasteiger partial charge in [0.25, 0.3) is 0 Å². The van der Waals surface area contributed by atoms with E-state index in [1.54, 1.807) is 0 Å². The highest BCUT2D eigenvalue weighted by Gasteiger charge is 2.53. The molecule has 12 heteroatoms. The van der Waals surface area contributed by atoms with Crippen molar-refractivity contribution >= 4 is 52.7 Å². The van der Waals surface area contributed by atoms with E-state index in [4.69, 9.17) is 15.2 Å². The van der Waals surface area contributed by atoms with Gasteiger partial charge in [0.1, 0.15) is 32.0 Å². The fraction of sp³-hybridized carbons (Fsp3) is 0.318. The Bertz CT molecular complexity index is 2460. The van der Waals surface area contributed by atoms with Gasteiger partial charge in [0.15, 0.2) is 11.4 Å². The lowest BCUT2D eigenvalue weighted by Gasteiger charge is -2.46. The maximum absolute atomic E-state index is 14.0. The van der Waals surface area contributed by atoms with E-state index >= 15 is 0 Å². The number of benzene rings is 4. The van der Waals surface area contributed by atoms with Crippen molar-refractivity contribution in [2.24, 2.45) is 5.92 Å². The lowest BCUT2D eigenvalue weighted by atomic mass is 9.78. The van der Waals surface area contributed by atoms with E-state index in [0.29, 0.717) is 67.7 Å². The van der Waals surface area contributed by atoms with Crippen LogP contribution in [0, 0.1) is 5.92 Å². The summed E-state index contributed by atoms with van der Waals surface area (Å²) in [6, 6.07) is 27.9. The molecule has 10 nitrogen and oxygen atoms in total. The molecule has 56 heavy (non-hydrogen) atoms. The van der Waals surface area contributed by atoms with Gasteiger partial charge in [-0.1, -0.05) is 68.5 Å². The summed E-state index contributed by atoms with van der Waals surface area (Å²) in [7, 11) is -2.25. The van der Waals surface area contributed by atoms with Gasteiger partial charge < -0.3 is 30.0 Å². The number of halogens is 1. The van der Waals surface area contributed by atoms with Crippen LogP contribution < -0.4 is 30.6 Å². The number of rotatable bonds is 9. The molecular weight excluding hydrogens is 722 g/mol. The molecule has 1 spiro atoms. The fourth-order valence-corrected chi connectivity index (χ4v) is 12.3. The van der Waals surface area contributed by atoms with Crippen LogP contribution in [0.5, 0.6) is 5.88 Å². The van der Waals surface area contributed by atoms with Gasteiger partial charge in [-0.05, 0) is 86.4 Å². The second-order valence-electron chi connectivity index (χ2n) is 16.5. The molecule has 2 saturated heterocycles. The van der Waals surface area contributed by atoms with Crippen LogP contribution in [0.25, 0.3) is 11.2 Å². The highest BCUT2D eigenvalue weighted by Crippen LogP contribution is 2.50. The van der Waals surface area contributed by atoms with Crippen LogP contribution in [0.4, 0.5) is 21.7 Å². The quantitative estimate of drug-likeness (QED) is 0.137. The van der Waals surface area contributed by atoms with Crippen molar-refractivity contribution in [3.8, 4) is 5.88 Å². The molecule has 0 bridgehead atoms. The summed E-state index contributed by atoms with van der Waals surface area (Å²) in [5, 5.41) is 2.67. The zero-order valence-corrected chi connectivity index (χ0v) is 32.8. The minimum Gasteiger partial charge on any atom is -0.471 e. The van der Waals surface area contributed by atoms with E-state index in [1.165, 1.54) is 28.0 Å². The molecular formula is C44H44FN7O3Si. The van der Waals surface area contributed by atoms with Gasteiger partial charge in [0.05, 0.1) is 26.0 Å². The van der Waals surface area contributed by atoms with Crippen molar-refractivity contribution in [1.82, 2.24) is 19.9 Å². The molecule has 4 aliphatic heterocycles. The maximum atomic E-state index is 14.0. The van der Waals surface area contributed by atoms with Crippen molar-refractivity contribution < 1.29 is 18.7 Å². The summed E-state index contributed by atoms with van der Waals surface area (Å²) in [5.74, 6) is 1.23. The Balaban J connectivity index is 0.929. The molecule has 0 radical (unpaired) electrons. The minimum absolute atomic E-state index is 0.0919. The Hall–Kier alpha value is -5.59. The number of ketones is 1. The average molecular weight is 766 g/mol. The molecule has 2 fully saturated rings. The Kier molecular flexibility index (Phi) is 8.09. The van der Waals surface area contributed by atoms with Crippen LogP contribution >= 0.6 is 0 Å². The van der Waals surface area contributed by atoms with Crippen LogP contribution in [-0.2, 0) is 30.0 Å². The van der Waals surface area contributed by atoms with Crippen molar-refractivity contribution in [2.45, 2.75) is 57.8 Å². The second-order valence-corrected chi connectivity index (χ2v) is 20.8. The number of nitrogens with zero attached hydrogens (tertiary/aromatic N) is 5. The largest absolute Gasteiger partial charge is 0.471 e. The van der Waals surface area contributed by atoms with Gasteiger partial charge in [-0.15, -0.1) is 0 Å². The number of imidazole rings is 1. The number of aromatic nitrogens is 4. The van der Waals surface area contributed by atoms with Crippen molar-refractivity contribution in [1.29, 1.82) is 0 Å². The van der Waals surface area contributed by atoms with Gasteiger partial charge in [-0.25, -0.2) is 9.37 Å². The number of carbonyl (C=O) groups is 1. The number of H-pyrrole nitrogens is 1. The van der Waals surface area contributed by atoms with Gasteiger partial charge in [-0.3, -0.25) is 4.79 Å². The number of anilines is 3. The van der Waals surface area contributed by atoms with E-state index < -0.39 is 19.8 Å². The third kappa shape index (κ3) is 5.60. The molecule has 1 unspecified atom stereocenters. The molecule has 2 aromatic heterocycles. The first-order valence-corrected chi connectivity index (χ1v) is 22.5. The Labute approximate surface area is 325 Å². The first-order valence-electron chi connectivity index (χ1n) is 19.5. The smallest absolute Gasteiger partial charge is 0.245 e. The number of aromatic amines is 1. The van der Waals surface area contributed by atoms with Gasteiger partial charge in [-0.2, -0.15) is 9.97 Å². The van der Waals surface area contributed by atoms with Crippen molar-refractivity contribution in [3.63, 3.8) is 0 Å². The zero-order chi connectivity index (χ0) is 38.3. The fourth-order valence-electron chi connectivity index (χ4n) is 9.14. The molecule has 6 aromatic rings. The number of nitrogens with one attached hydrogen (secondary N) is 1. The van der Waals surface area contributed by atoms with Crippen LogP contribution in [0.15, 0.2) is 85.2 Å². The van der Waals surface area contributed by atoms with Crippen molar-refractivity contribution in [3.05, 3.63) is 124 Å². The molecule has 6 heterocycles. The SMILES string of the molecule is CC1CN(c2ccc3c(c2)[Si](C)(C)c2cc(N4CC(F)C4)ccc2C32OCc3ccc(C(=O)CCc4ccc(COc5nc(N)nc6nc[nH]c56)cc4)cc32)C1. The Morgan fingerprint density at radius 3 is 2.27 bits per heavy atom. The van der Waals surface area contributed by atoms with Gasteiger partial charge in [0.2, 0.25) is 11.8 Å². The van der Waals surface area contributed by atoms with E-state index in [1.807, 2.05) is 30.3 Å². The Morgan fingerprint density at radius 1 is 0.911 bits per heavy atom. The molecule has 0 amide bonds. The summed E-state index contributed by atoms with van der Waals surface area (Å²) in [4.78, 5) is 34.0. The zero-order valence-electron chi connectivity index (χ0n) is 31.8. The molecule has 0 saturated carbocycles. The van der Waals surface area contributed by atoms with Crippen LogP contribution in [-0.4, -0.2) is 66.1 Å². The summed E-state index contributed by atoms with van der Waals surface area (Å²) >= 11 is 0. The van der Waals surface area contributed by atoms with Crippen molar-refractivity contribution in [2.75, 3.05) is 41.7 Å². The second kappa shape index (κ2) is 13.0. The number of nitrogen functional groups attached to an aromatic ring is 1. The number of hydrogen-bond acceptors (Lipinski definition) is 9. The van der Waals surface area contributed by atoms with Crippen LogP contribution in [0.3, 0.4) is 0 Å². The third-order valence-corrected chi connectivity index (χ3v) is 15.8. The number of Topliss-reactive ketones (excluding diaryl/α,β-unsaturated/α-hetero) is 1. The number of hydrogen-bond donors (Lipinski definition) is 2. The topological polar surface area (TPSA) is 122 Å². The standard InChI is InChI=1S/C44H44FN7O3Si/c1-26-19-51(20-26)32-11-13-34-38(17-32)56(2,3)39-18-33(52-21-31(45)22-52)12-14-35(39)44(34)36-16-29(9-10-30(36)24-55-44)37(53)15-8-27-4-6-28(7-5-27)23-54-42-40-41(48-25-47-40)49-43(46)50-42/h4-7,9-14,16-18,25-26,31H,8,15,19-24H2,1-3H3,(H3,46,47,48,49,50). The molecule has 10 rings (SSSR count). The lowest BCUT2D eigenvalue weighted by molar-refractivity contribution is 0.0276. The number of alkyl halides is 1. The van der Waals surface area contributed by atoms with Crippen LogP contribution in [0.2, 0.25) is 13.1 Å². The summed E-state index contributed by atoms with van der Waals surface area (Å²) < 4.78 is 27.0. The molecule has 1 atom stereocenters. The summed E-state index contributed by atoms with van der Waals surface area (Å²) in [6.07, 6.45) is 1.74. The number of nitrogens with two attached hydrogens (primary N) is 1. The predicted molar refractivity (Wildman–Crippen MR) is 219 cm³/mol. The first-order chi connectivity index (χ1) is 27.1. The third-order valence-electron chi connectivity index (χ3n) is 12.3. The number of carbonyl (C=O) groups excluding carboxylic acids is 1. The molecule has 0 aliphatic carbocycles. The minimum atomic E-state index is -2.25. The summed E-state index contributed by atoms with van der Waals surface area (Å²) in [5.41, 5.74) is 15.6. The van der Waals surface area contributed by atoms with Gasteiger partial charge in [0, 0.05) is 36.4 Å². The molecule has 4 aliphatic rings. The molecule has 3 N–H and O–H groups in total. The lowest BCUT2D eigenvalue weighted by Crippen LogP contribution is -2.63. The first kappa shape index (κ1) is 34.9. The highest BCUT2D eigenvalue weighted by molar-refractivity contribution is 7.01. The monoisotopic (exact) mass is 765 g/mol. The maximum Gasteiger partial charge on any atom is 0.245 e. The number of aryl methyl sites for hydroxylation is 1. The summed E-state index contributed by atoms with van der Waals surface area (Å²) in [6.45, 7) is 10.9. The highest BCUT2D eigenvalue weighted by atomic mass is 28.3. The number of fused-ring (bicyclic) bond motifs is 7. The van der Waals surface area contributed by atoms with E-state index in [9.17, 15) is 9.18 Å². The van der Waals surface area contributed by atoms with E-state index in [2.05, 4.69) is 98.3 Å². The van der Waals surface area contributed by atoms with Crippen LogP contribution in [0.1, 0.15) is 57.1 Å². The number of ether oxygens (including phenoxy) is 2. The van der Waals surface area contributed by atoms with Gasteiger partial charge >= 0.3 is 0 Å². The van der Waals surface area contributed by atoms with E-state index in [-0.39, 0.29) is 11.7 Å². The molecule has 284 valence electrons. The average Bonchev–Trinajstić information content (AvgIpc) is 3.81. The normalized spacial score (nSPS) is 19.7. The van der Waals surface area contributed by atoms with E-state index in [0.717, 1.165) is 46.6 Å². The Morgan fingerprint density at radius 2 is 1.59 bits per heavy atom.